The maximum absolute atomic E-state index is 14.0. The van der Waals surface area contributed by atoms with E-state index in [9.17, 15) is 18.4 Å². The van der Waals surface area contributed by atoms with Gasteiger partial charge in [0.1, 0.15) is 16.6 Å². The van der Waals surface area contributed by atoms with Gasteiger partial charge in [-0.3, -0.25) is 9.59 Å². The Morgan fingerprint density at radius 3 is 2.61 bits per heavy atom. The monoisotopic (exact) mass is 406 g/mol. The molecule has 148 valence electrons. The van der Waals surface area contributed by atoms with Gasteiger partial charge in [0.2, 0.25) is 0 Å². The second-order valence-corrected chi connectivity index (χ2v) is 8.00. The van der Waals surface area contributed by atoms with Crippen LogP contribution in [-0.4, -0.2) is 43.0 Å². The highest BCUT2D eigenvalue weighted by atomic mass is 32.1. The summed E-state index contributed by atoms with van der Waals surface area (Å²) in [4.78, 5) is 28.6. The minimum atomic E-state index is -0.931. The molecule has 0 atom stereocenters. The predicted octanol–water partition coefficient (Wildman–Crippen LogP) is 3.63. The number of anilines is 1. The predicted molar refractivity (Wildman–Crippen MR) is 102 cm³/mol. The number of carbonyl (C=O) groups is 2. The second kappa shape index (κ2) is 7.97. The van der Waals surface area contributed by atoms with Gasteiger partial charge in [0, 0.05) is 24.0 Å². The van der Waals surface area contributed by atoms with Gasteiger partial charge < -0.3 is 15.0 Å². The van der Waals surface area contributed by atoms with Crippen LogP contribution in [0.15, 0.2) is 18.2 Å². The van der Waals surface area contributed by atoms with E-state index in [2.05, 4.69) is 5.32 Å². The lowest BCUT2D eigenvalue weighted by Crippen LogP contribution is -2.41. The number of rotatable bonds is 3. The third-order valence-corrected chi connectivity index (χ3v) is 6.29. The first-order chi connectivity index (χ1) is 13.5. The van der Waals surface area contributed by atoms with Gasteiger partial charge in [-0.05, 0) is 43.4 Å². The number of morpholine rings is 1. The lowest BCUT2D eigenvalue weighted by atomic mass is 9.95. The van der Waals surface area contributed by atoms with Crippen molar-refractivity contribution in [1.29, 1.82) is 0 Å². The lowest BCUT2D eigenvalue weighted by Gasteiger charge is -2.27. The van der Waals surface area contributed by atoms with E-state index in [-0.39, 0.29) is 11.5 Å². The number of halogens is 2. The molecule has 1 aromatic carbocycles. The summed E-state index contributed by atoms with van der Waals surface area (Å²) in [6.45, 7) is 1.98. The average molecular weight is 406 g/mol. The molecule has 0 radical (unpaired) electrons. The number of amides is 2. The Morgan fingerprint density at radius 1 is 1.11 bits per heavy atom. The van der Waals surface area contributed by atoms with Crippen molar-refractivity contribution in [1.82, 2.24) is 4.90 Å². The number of ether oxygens (including phenoxy) is 1. The van der Waals surface area contributed by atoms with Gasteiger partial charge in [0.15, 0.2) is 0 Å². The maximum atomic E-state index is 14.0. The highest BCUT2D eigenvalue weighted by Crippen LogP contribution is 2.39. The molecule has 1 N–H and O–H groups in total. The third kappa shape index (κ3) is 3.66. The second-order valence-electron chi connectivity index (χ2n) is 6.90. The van der Waals surface area contributed by atoms with Crippen LogP contribution in [0, 0.1) is 11.6 Å². The van der Waals surface area contributed by atoms with Crippen LogP contribution in [0.5, 0.6) is 0 Å². The van der Waals surface area contributed by atoms with Crippen molar-refractivity contribution < 1.29 is 23.1 Å². The van der Waals surface area contributed by atoms with Crippen molar-refractivity contribution in [2.24, 2.45) is 0 Å². The van der Waals surface area contributed by atoms with Crippen LogP contribution < -0.4 is 5.32 Å². The fourth-order valence-electron chi connectivity index (χ4n) is 3.65. The first-order valence-corrected chi connectivity index (χ1v) is 10.1. The first-order valence-electron chi connectivity index (χ1n) is 9.32. The molecule has 8 heteroatoms. The molecule has 1 saturated heterocycles. The Kier molecular flexibility index (Phi) is 5.41. The zero-order valence-electron chi connectivity index (χ0n) is 15.2. The van der Waals surface area contributed by atoms with Crippen molar-refractivity contribution >= 4 is 28.2 Å². The number of hydrogen-bond acceptors (Lipinski definition) is 4. The van der Waals surface area contributed by atoms with Crippen LogP contribution in [0.25, 0.3) is 0 Å². The summed E-state index contributed by atoms with van der Waals surface area (Å²) in [5.41, 5.74) is 1.25. The summed E-state index contributed by atoms with van der Waals surface area (Å²) in [6, 6.07) is 2.82. The van der Waals surface area contributed by atoms with Crippen LogP contribution in [-0.2, 0) is 17.6 Å². The minimum Gasteiger partial charge on any atom is -0.378 e. The fourth-order valence-corrected chi connectivity index (χ4v) is 4.93. The molecule has 2 aliphatic rings. The Labute approximate surface area is 165 Å². The van der Waals surface area contributed by atoms with Crippen LogP contribution >= 0.6 is 11.3 Å². The third-order valence-electron chi connectivity index (χ3n) is 5.09. The molecule has 2 amide bonds. The fraction of sp³-hybridized carbons (Fsp3) is 0.400. The summed E-state index contributed by atoms with van der Waals surface area (Å²) in [6.07, 6.45) is 3.69. The van der Waals surface area contributed by atoms with E-state index in [4.69, 9.17) is 4.74 Å². The molecule has 1 aliphatic heterocycles. The highest BCUT2D eigenvalue weighted by Gasteiger charge is 2.30. The maximum Gasteiger partial charge on any atom is 0.259 e. The van der Waals surface area contributed by atoms with Gasteiger partial charge in [-0.1, -0.05) is 0 Å². The van der Waals surface area contributed by atoms with E-state index in [1.807, 2.05) is 0 Å². The zero-order valence-corrected chi connectivity index (χ0v) is 16.0. The minimum absolute atomic E-state index is 0.127. The van der Waals surface area contributed by atoms with E-state index >= 15 is 0 Å². The lowest BCUT2D eigenvalue weighted by molar-refractivity contribution is 0.0303. The average Bonchev–Trinajstić information content (AvgIpc) is 3.05. The molecule has 1 fully saturated rings. The Bertz CT molecular complexity index is 922. The molecule has 4 rings (SSSR count). The normalized spacial score (nSPS) is 16.6. The van der Waals surface area contributed by atoms with E-state index in [1.54, 1.807) is 4.90 Å². The quantitative estimate of drug-likeness (QED) is 0.847. The Hall–Kier alpha value is -2.32. The van der Waals surface area contributed by atoms with Crippen molar-refractivity contribution in [2.45, 2.75) is 25.7 Å². The molecule has 2 heterocycles. The number of benzene rings is 1. The van der Waals surface area contributed by atoms with Gasteiger partial charge in [0.25, 0.3) is 11.8 Å². The molecule has 2 aromatic rings. The molecule has 5 nitrogen and oxygen atoms in total. The number of nitrogens with zero attached hydrogens (tertiary/aromatic N) is 1. The number of aryl methyl sites for hydroxylation is 1. The number of hydrogen-bond donors (Lipinski definition) is 1. The molecule has 1 aliphatic carbocycles. The van der Waals surface area contributed by atoms with Gasteiger partial charge in [0.05, 0.1) is 24.3 Å². The summed E-state index contributed by atoms with van der Waals surface area (Å²) in [5, 5.41) is 3.14. The van der Waals surface area contributed by atoms with E-state index in [0.717, 1.165) is 48.3 Å². The SMILES string of the molecule is O=C(Nc1sc2c(c1C(=O)N1CCOCC1)CCCC2)c1ccc(F)cc1F. The number of carbonyl (C=O) groups excluding carboxylic acids is 2. The Balaban J connectivity index is 1.67. The van der Waals surface area contributed by atoms with Gasteiger partial charge in [-0.25, -0.2) is 8.78 Å². The van der Waals surface area contributed by atoms with Crippen LogP contribution in [0.1, 0.15) is 44.0 Å². The summed E-state index contributed by atoms with van der Waals surface area (Å²) < 4.78 is 32.5. The van der Waals surface area contributed by atoms with Crippen LogP contribution in [0.4, 0.5) is 13.8 Å². The molecule has 0 bridgehead atoms. The smallest absolute Gasteiger partial charge is 0.259 e. The molecule has 0 saturated carbocycles. The van der Waals surface area contributed by atoms with Crippen molar-refractivity contribution in [2.75, 3.05) is 31.6 Å². The van der Waals surface area contributed by atoms with E-state index in [0.29, 0.717) is 42.9 Å². The van der Waals surface area contributed by atoms with Crippen molar-refractivity contribution in [3.8, 4) is 0 Å². The van der Waals surface area contributed by atoms with Gasteiger partial charge >= 0.3 is 0 Å². The molecule has 0 unspecified atom stereocenters. The summed E-state index contributed by atoms with van der Waals surface area (Å²) >= 11 is 1.38. The topological polar surface area (TPSA) is 58.6 Å². The van der Waals surface area contributed by atoms with Gasteiger partial charge in [-0.2, -0.15) is 0 Å². The highest BCUT2D eigenvalue weighted by molar-refractivity contribution is 7.17. The Morgan fingerprint density at radius 2 is 1.86 bits per heavy atom. The first kappa shape index (κ1) is 19.0. The van der Waals surface area contributed by atoms with Crippen LogP contribution in [0.3, 0.4) is 0 Å². The van der Waals surface area contributed by atoms with Crippen molar-refractivity contribution in [3.05, 3.63) is 51.4 Å². The number of fused-ring (bicyclic) bond motifs is 1. The molecule has 28 heavy (non-hydrogen) atoms. The van der Waals surface area contributed by atoms with Crippen molar-refractivity contribution in [3.63, 3.8) is 0 Å². The summed E-state index contributed by atoms with van der Waals surface area (Å²) in [5.74, 6) is -2.49. The largest absolute Gasteiger partial charge is 0.378 e. The van der Waals surface area contributed by atoms with E-state index in [1.165, 1.54) is 11.3 Å². The molecular weight excluding hydrogens is 386 g/mol. The van der Waals surface area contributed by atoms with E-state index < -0.39 is 17.5 Å². The molecular formula is C20H20F2N2O3S. The number of thiophene rings is 1. The molecule has 1 aromatic heterocycles. The number of nitrogens with one attached hydrogen (secondary N) is 1. The zero-order chi connectivity index (χ0) is 19.7. The standard InChI is InChI=1S/C20H20F2N2O3S/c21-12-5-6-13(15(22)11-12)18(25)23-19-17(14-3-1-2-4-16(14)28-19)20(26)24-7-9-27-10-8-24/h5-6,11H,1-4,7-10H2,(H,23,25). The van der Waals surface area contributed by atoms with Crippen LogP contribution in [0.2, 0.25) is 0 Å². The van der Waals surface area contributed by atoms with Gasteiger partial charge in [-0.15, -0.1) is 11.3 Å². The summed E-state index contributed by atoms with van der Waals surface area (Å²) in [7, 11) is 0. The molecule has 0 spiro atoms.